The number of carbonyl (C=O) groups excluding carboxylic acids is 1. The van der Waals surface area contributed by atoms with E-state index in [-0.39, 0.29) is 17.9 Å². The van der Waals surface area contributed by atoms with Crippen LogP contribution in [-0.2, 0) is 0 Å². The Morgan fingerprint density at radius 1 is 1.09 bits per heavy atom. The third-order valence-corrected chi connectivity index (χ3v) is 4.67. The molecule has 22 heavy (non-hydrogen) atoms. The summed E-state index contributed by atoms with van der Waals surface area (Å²) in [6.45, 7) is 0. The molecule has 1 aromatic heterocycles. The van der Waals surface area contributed by atoms with Crippen molar-refractivity contribution in [3.8, 4) is 0 Å². The average molecular weight is 354 g/mol. The molecule has 0 saturated heterocycles. The number of nitrogens with zero attached hydrogens (tertiary/aromatic N) is 2. The summed E-state index contributed by atoms with van der Waals surface area (Å²) in [6.07, 6.45) is 10.1. The van der Waals surface area contributed by atoms with Crippen LogP contribution in [0.5, 0.6) is 0 Å². The Bertz CT molecular complexity index is 795. The van der Waals surface area contributed by atoms with Crippen molar-refractivity contribution < 1.29 is 9.36 Å². The monoisotopic (exact) mass is 353 g/mol. The highest BCUT2D eigenvalue weighted by atomic mass is 79.9. The molecule has 0 amide bonds. The minimum atomic E-state index is -0.237. The van der Waals surface area contributed by atoms with Crippen molar-refractivity contribution in [2.45, 2.75) is 12.1 Å². The summed E-state index contributed by atoms with van der Waals surface area (Å²) in [5.41, 5.74) is 0.736. The SMILES string of the molecule is O=C(c1ccc(Br)cc1)C1C2C=CC=CN2c2cccc[n+]21. The number of carbonyl (C=O) groups is 1. The van der Waals surface area contributed by atoms with Crippen molar-refractivity contribution in [3.05, 3.63) is 83.1 Å². The summed E-state index contributed by atoms with van der Waals surface area (Å²) in [5, 5.41) is 0. The lowest BCUT2D eigenvalue weighted by Gasteiger charge is -2.17. The Morgan fingerprint density at radius 3 is 2.73 bits per heavy atom. The van der Waals surface area contributed by atoms with Crippen LogP contribution in [0.3, 0.4) is 0 Å². The largest absolute Gasteiger partial charge is 0.289 e. The molecule has 3 heterocycles. The fourth-order valence-electron chi connectivity index (χ4n) is 3.13. The van der Waals surface area contributed by atoms with Crippen LogP contribution in [-0.4, -0.2) is 11.8 Å². The number of hydrogen-bond donors (Lipinski definition) is 0. The standard InChI is InChI=1S/C18H14BrN2O/c19-14-9-7-13(8-10-14)18(22)17-15-5-1-3-11-20(15)16-6-2-4-12-21(16)17/h1-12,15,17H/q+1. The van der Waals surface area contributed by atoms with Crippen molar-refractivity contribution in [2.75, 3.05) is 4.90 Å². The van der Waals surface area contributed by atoms with Gasteiger partial charge in [-0.15, -0.1) is 0 Å². The van der Waals surface area contributed by atoms with Crippen molar-refractivity contribution in [3.63, 3.8) is 0 Å². The average Bonchev–Trinajstić information content (AvgIpc) is 2.89. The van der Waals surface area contributed by atoms with Crippen LogP contribution in [0.4, 0.5) is 5.82 Å². The van der Waals surface area contributed by atoms with E-state index in [4.69, 9.17) is 0 Å². The second-order valence-corrected chi connectivity index (χ2v) is 6.32. The van der Waals surface area contributed by atoms with Gasteiger partial charge in [-0.3, -0.25) is 4.79 Å². The number of Topliss-reactive ketones (excluding diaryl/α,β-unsaturated/α-hetero) is 1. The summed E-state index contributed by atoms with van der Waals surface area (Å²) in [4.78, 5) is 15.2. The van der Waals surface area contributed by atoms with E-state index in [0.717, 1.165) is 15.9 Å². The van der Waals surface area contributed by atoms with Gasteiger partial charge >= 0.3 is 0 Å². The number of fused-ring (bicyclic) bond motifs is 3. The molecule has 2 unspecified atom stereocenters. The Balaban J connectivity index is 1.80. The maximum atomic E-state index is 13.1. The molecular formula is C18H14BrN2O+. The number of ketones is 1. The smallest absolute Gasteiger partial charge is 0.282 e. The quantitative estimate of drug-likeness (QED) is 0.610. The molecule has 2 aromatic rings. The number of halogens is 1. The van der Waals surface area contributed by atoms with Crippen LogP contribution in [0.25, 0.3) is 0 Å². The number of rotatable bonds is 2. The zero-order valence-electron chi connectivity index (χ0n) is 11.8. The molecule has 3 nitrogen and oxygen atoms in total. The van der Waals surface area contributed by atoms with Crippen LogP contribution in [0.15, 0.2) is 77.6 Å². The molecule has 1 aromatic carbocycles. The summed E-state index contributed by atoms with van der Waals surface area (Å²) in [6, 6.07) is 13.4. The highest BCUT2D eigenvalue weighted by Gasteiger charge is 2.48. The fourth-order valence-corrected chi connectivity index (χ4v) is 3.40. The van der Waals surface area contributed by atoms with Gasteiger partial charge in [-0.1, -0.05) is 40.2 Å². The molecule has 4 heteroatoms. The second kappa shape index (κ2) is 5.21. The molecule has 0 saturated carbocycles. The van der Waals surface area contributed by atoms with Gasteiger partial charge in [0.15, 0.2) is 6.04 Å². The molecule has 2 atom stereocenters. The lowest BCUT2D eigenvalue weighted by atomic mass is 9.97. The Morgan fingerprint density at radius 2 is 1.91 bits per heavy atom. The summed E-state index contributed by atoms with van der Waals surface area (Å²) in [7, 11) is 0. The first-order valence-corrected chi connectivity index (χ1v) is 7.98. The maximum Gasteiger partial charge on any atom is 0.282 e. The highest BCUT2D eigenvalue weighted by Crippen LogP contribution is 2.32. The number of allylic oxidation sites excluding steroid dienone is 2. The zero-order chi connectivity index (χ0) is 15.1. The lowest BCUT2D eigenvalue weighted by Crippen LogP contribution is -2.44. The van der Waals surface area contributed by atoms with Crippen molar-refractivity contribution in [2.24, 2.45) is 0 Å². The molecular weight excluding hydrogens is 340 g/mol. The van der Waals surface area contributed by atoms with E-state index in [2.05, 4.69) is 31.5 Å². The topological polar surface area (TPSA) is 24.2 Å². The van der Waals surface area contributed by atoms with Crippen LogP contribution < -0.4 is 9.47 Å². The normalized spacial score (nSPS) is 21.6. The minimum absolute atomic E-state index is 0.0311. The molecule has 0 fully saturated rings. The predicted molar refractivity (Wildman–Crippen MR) is 88.7 cm³/mol. The van der Waals surface area contributed by atoms with E-state index in [0.29, 0.717) is 0 Å². The van der Waals surface area contributed by atoms with E-state index in [1.165, 1.54) is 0 Å². The number of hydrogen-bond acceptors (Lipinski definition) is 2. The molecule has 0 bridgehead atoms. The van der Waals surface area contributed by atoms with Crippen LogP contribution in [0.2, 0.25) is 0 Å². The third-order valence-electron chi connectivity index (χ3n) is 4.14. The Hall–Kier alpha value is -2.20. The van der Waals surface area contributed by atoms with E-state index in [1.807, 2.05) is 67.0 Å². The molecule has 0 N–H and O–H groups in total. The molecule has 2 aliphatic rings. The van der Waals surface area contributed by atoms with Gasteiger partial charge in [-0.2, -0.15) is 0 Å². The molecule has 108 valence electrons. The van der Waals surface area contributed by atoms with Gasteiger partial charge in [-0.05, 0) is 30.4 Å². The van der Waals surface area contributed by atoms with Crippen LogP contribution in [0.1, 0.15) is 16.4 Å². The van der Waals surface area contributed by atoms with Gasteiger partial charge in [-0.25, -0.2) is 9.47 Å². The first-order valence-electron chi connectivity index (χ1n) is 7.19. The molecule has 4 rings (SSSR count). The number of aromatic nitrogens is 1. The van der Waals surface area contributed by atoms with Gasteiger partial charge in [0.1, 0.15) is 0 Å². The number of benzene rings is 1. The van der Waals surface area contributed by atoms with Gasteiger partial charge in [0.2, 0.25) is 11.8 Å². The molecule has 0 radical (unpaired) electrons. The fraction of sp³-hybridized carbons (Fsp3) is 0.111. The number of anilines is 1. The van der Waals surface area contributed by atoms with Gasteiger partial charge in [0, 0.05) is 16.1 Å². The second-order valence-electron chi connectivity index (χ2n) is 5.41. The summed E-state index contributed by atoms with van der Waals surface area (Å²) in [5.74, 6) is 1.18. The Kier molecular flexibility index (Phi) is 3.19. The first kappa shape index (κ1) is 13.5. The summed E-state index contributed by atoms with van der Waals surface area (Å²) >= 11 is 3.41. The summed E-state index contributed by atoms with van der Waals surface area (Å²) < 4.78 is 3.04. The van der Waals surface area contributed by atoms with Crippen molar-refractivity contribution >= 4 is 27.5 Å². The molecule has 2 aliphatic heterocycles. The molecule has 0 aliphatic carbocycles. The zero-order valence-corrected chi connectivity index (χ0v) is 13.3. The third kappa shape index (κ3) is 2.03. The predicted octanol–water partition coefficient (Wildman–Crippen LogP) is 3.43. The van der Waals surface area contributed by atoms with Crippen molar-refractivity contribution in [1.29, 1.82) is 0 Å². The van der Waals surface area contributed by atoms with E-state index in [1.54, 1.807) is 0 Å². The minimum Gasteiger partial charge on any atom is -0.289 e. The van der Waals surface area contributed by atoms with Gasteiger partial charge < -0.3 is 0 Å². The highest BCUT2D eigenvalue weighted by molar-refractivity contribution is 9.10. The van der Waals surface area contributed by atoms with E-state index >= 15 is 0 Å². The van der Waals surface area contributed by atoms with Crippen LogP contribution in [0, 0.1) is 0 Å². The van der Waals surface area contributed by atoms with Crippen LogP contribution >= 0.6 is 15.9 Å². The van der Waals surface area contributed by atoms with Gasteiger partial charge in [0.25, 0.3) is 5.82 Å². The maximum absolute atomic E-state index is 13.1. The van der Waals surface area contributed by atoms with Gasteiger partial charge in [0.05, 0.1) is 12.4 Å². The first-order chi connectivity index (χ1) is 10.8. The number of pyridine rings is 1. The lowest BCUT2D eigenvalue weighted by molar-refractivity contribution is -0.684. The van der Waals surface area contributed by atoms with E-state index in [9.17, 15) is 4.79 Å². The Labute approximate surface area is 137 Å². The van der Waals surface area contributed by atoms with E-state index < -0.39 is 0 Å². The van der Waals surface area contributed by atoms with Crippen molar-refractivity contribution in [1.82, 2.24) is 0 Å². The molecule has 0 spiro atoms.